The topological polar surface area (TPSA) is 64.0 Å². The van der Waals surface area contributed by atoms with Crippen molar-refractivity contribution in [1.29, 1.82) is 0 Å². The molecule has 0 spiro atoms. The monoisotopic (exact) mass is 374 g/mol. The summed E-state index contributed by atoms with van der Waals surface area (Å²) in [5.41, 5.74) is -4.21. The maximum absolute atomic E-state index is 13.6. The molecule has 3 atom stereocenters. The van der Waals surface area contributed by atoms with Crippen LogP contribution in [0, 0.1) is 0 Å². The summed E-state index contributed by atoms with van der Waals surface area (Å²) in [6.07, 6.45) is -5.80. The number of likely N-dealkylation sites (tertiary alicyclic amines) is 1. The van der Waals surface area contributed by atoms with Gasteiger partial charge in [0.1, 0.15) is 0 Å². The molecule has 1 aromatic rings. The summed E-state index contributed by atoms with van der Waals surface area (Å²) < 4.78 is 40.9. The van der Waals surface area contributed by atoms with Crippen LogP contribution in [0.5, 0.6) is 0 Å². The number of halogens is 3. The van der Waals surface area contributed by atoms with Crippen molar-refractivity contribution in [1.82, 2.24) is 9.80 Å². The number of amides is 1. The molecule has 1 aliphatic rings. The van der Waals surface area contributed by atoms with Crippen molar-refractivity contribution in [2.24, 2.45) is 0 Å². The van der Waals surface area contributed by atoms with Gasteiger partial charge in [-0.15, -0.1) is 0 Å². The molecule has 1 aromatic carbocycles. The van der Waals surface area contributed by atoms with E-state index in [1.165, 1.54) is 23.1 Å². The molecule has 0 aromatic heterocycles. The molecule has 1 aliphatic heterocycles. The van der Waals surface area contributed by atoms with Gasteiger partial charge in [0.05, 0.1) is 0 Å². The van der Waals surface area contributed by atoms with E-state index in [0.29, 0.717) is 12.8 Å². The van der Waals surface area contributed by atoms with E-state index in [1.54, 1.807) is 0 Å². The fourth-order valence-corrected chi connectivity index (χ4v) is 3.34. The molecule has 146 valence electrons. The van der Waals surface area contributed by atoms with Crippen LogP contribution in [0.4, 0.5) is 13.2 Å². The maximum atomic E-state index is 13.6. The highest BCUT2D eigenvalue weighted by Crippen LogP contribution is 2.42. The Morgan fingerprint density at radius 1 is 1.19 bits per heavy atom. The van der Waals surface area contributed by atoms with Crippen LogP contribution in [0.2, 0.25) is 0 Å². The zero-order valence-electron chi connectivity index (χ0n) is 14.9. The van der Waals surface area contributed by atoms with Crippen LogP contribution in [0.25, 0.3) is 0 Å². The standard InChI is InChI=1S/C18H25F3N2O3/c1-22(2)14-9-6-11-23(12-10-14)16(25)15(24)17(26,18(19,20)21)13-7-4-3-5-8-13/h3-5,7-8,14-15,24,26H,6,9-12H2,1-2H3. The normalized spacial score (nSPS) is 22.6. The van der Waals surface area contributed by atoms with Gasteiger partial charge in [0.15, 0.2) is 6.10 Å². The lowest BCUT2D eigenvalue weighted by Gasteiger charge is -2.36. The molecule has 2 N–H and O–H groups in total. The van der Waals surface area contributed by atoms with Gasteiger partial charge in [-0.25, -0.2) is 0 Å². The summed E-state index contributed by atoms with van der Waals surface area (Å²) >= 11 is 0. The van der Waals surface area contributed by atoms with Gasteiger partial charge in [0, 0.05) is 19.1 Å². The van der Waals surface area contributed by atoms with Crippen molar-refractivity contribution in [3.05, 3.63) is 35.9 Å². The van der Waals surface area contributed by atoms with Gasteiger partial charge in [-0.05, 0) is 38.9 Å². The van der Waals surface area contributed by atoms with Gasteiger partial charge in [0.25, 0.3) is 5.91 Å². The number of rotatable bonds is 4. The highest BCUT2D eigenvalue weighted by Gasteiger charge is 2.62. The fraction of sp³-hybridized carbons (Fsp3) is 0.611. The summed E-state index contributed by atoms with van der Waals surface area (Å²) in [5.74, 6) is -1.10. The molecule has 0 saturated carbocycles. The molecular weight excluding hydrogens is 349 g/mol. The first-order chi connectivity index (χ1) is 12.1. The van der Waals surface area contributed by atoms with E-state index < -0.39 is 29.4 Å². The van der Waals surface area contributed by atoms with Gasteiger partial charge in [-0.3, -0.25) is 4.79 Å². The van der Waals surface area contributed by atoms with Crippen molar-refractivity contribution in [3.8, 4) is 0 Å². The van der Waals surface area contributed by atoms with Crippen molar-refractivity contribution in [2.75, 3.05) is 27.2 Å². The summed E-state index contributed by atoms with van der Waals surface area (Å²) in [7, 11) is 3.82. The van der Waals surface area contributed by atoms with E-state index in [4.69, 9.17) is 0 Å². The van der Waals surface area contributed by atoms with Crippen LogP contribution in [0.3, 0.4) is 0 Å². The summed E-state index contributed by atoms with van der Waals surface area (Å²) in [6, 6.07) is 6.45. The molecule has 26 heavy (non-hydrogen) atoms. The lowest BCUT2D eigenvalue weighted by atomic mass is 9.86. The molecule has 0 aliphatic carbocycles. The maximum Gasteiger partial charge on any atom is 0.424 e. The lowest BCUT2D eigenvalue weighted by Crippen LogP contribution is -2.58. The Bertz CT molecular complexity index is 609. The molecule has 1 amide bonds. The molecular formula is C18H25F3N2O3. The predicted molar refractivity (Wildman–Crippen MR) is 90.3 cm³/mol. The fourth-order valence-electron chi connectivity index (χ4n) is 3.34. The molecule has 1 heterocycles. The molecule has 5 nitrogen and oxygen atoms in total. The Morgan fingerprint density at radius 2 is 1.81 bits per heavy atom. The van der Waals surface area contributed by atoms with Crippen molar-refractivity contribution in [2.45, 2.75) is 43.2 Å². The average molecular weight is 374 g/mol. The van der Waals surface area contributed by atoms with Gasteiger partial charge in [-0.1, -0.05) is 30.3 Å². The third kappa shape index (κ3) is 4.02. The first-order valence-electron chi connectivity index (χ1n) is 8.57. The van der Waals surface area contributed by atoms with E-state index in [0.717, 1.165) is 18.6 Å². The van der Waals surface area contributed by atoms with E-state index >= 15 is 0 Å². The Labute approximate surface area is 151 Å². The lowest BCUT2D eigenvalue weighted by molar-refractivity contribution is -0.294. The zero-order chi connectivity index (χ0) is 19.5. The van der Waals surface area contributed by atoms with E-state index in [2.05, 4.69) is 0 Å². The molecule has 1 saturated heterocycles. The van der Waals surface area contributed by atoms with E-state index in [1.807, 2.05) is 19.0 Å². The Hall–Kier alpha value is -1.64. The molecule has 3 unspecified atom stereocenters. The molecule has 1 fully saturated rings. The Balaban J connectivity index is 2.26. The quantitative estimate of drug-likeness (QED) is 0.843. The largest absolute Gasteiger partial charge is 0.424 e. The molecule has 0 radical (unpaired) electrons. The second-order valence-corrected chi connectivity index (χ2v) is 6.91. The number of aliphatic hydroxyl groups excluding tert-OH is 1. The minimum Gasteiger partial charge on any atom is -0.380 e. The Kier molecular flexibility index (Phi) is 6.31. The van der Waals surface area contributed by atoms with E-state index in [-0.39, 0.29) is 19.1 Å². The van der Waals surface area contributed by atoms with Crippen molar-refractivity contribution < 1.29 is 28.2 Å². The van der Waals surface area contributed by atoms with Crippen LogP contribution in [-0.4, -0.2) is 71.4 Å². The summed E-state index contributed by atoms with van der Waals surface area (Å²) in [5, 5.41) is 20.6. The predicted octanol–water partition coefficient (Wildman–Crippen LogP) is 1.74. The highest BCUT2D eigenvalue weighted by molar-refractivity contribution is 5.82. The highest BCUT2D eigenvalue weighted by atomic mass is 19.4. The van der Waals surface area contributed by atoms with Gasteiger partial charge in [0.2, 0.25) is 5.60 Å². The molecule has 8 heteroatoms. The van der Waals surface area contributed by atoms with Gasteiger partial charge in [-0.2, -0.15) is 13.2 Å². The minimum atomic E-state index is -5.21. The SMILES string of the molecule is CN(C)C1CCCN(C(=O)C(O)C(O)(c2ccccc2)C(F)(F)F)CC1. The first kappa shape index (κ1) is 20.7. The molecule has 2 rings (SSSR count). The number of benzene rings is 1. The van der Waals surface area contributed by atoms with Crippen LogP contribution in [0.1, 0.15) is 24.8 Å². The zero-order valence-corrected chi connectivity index (χ0v) is 14.9. The average Bonchev–Trinajstić information content (AvgIpc) is 2.85. The third-order valence-corrected chi connectivity index (χ3v) is 5.02. The molecule has 0 bridgehead atoms. The number of aliphatic hydroxyl groups is 2. The van der Waals surface area contributed by atoms with Crippen LogP contribution < -0.4 is 0 Å². The van der Waals surface area contributed by atoms with Crippen LogP contribution in [-0.2, 0) is 10.4 Å². The van der Waals surface area contributed by atoms with Gasteiger partial charge >= 0.3 is 6.18 Å². The third-order valence-electron chi connectivity index (χ3n) is 5.02. The number of hydrogen-bond acceptors (Lipinski definition) is 4. The number of alkyl halides is 3. The van der Waals surface area contributed by atoms with Crippen molar-refractivity contribution >= 4 is 5.91 Å². The van der Waals surface area contributed by atoms with Crippen LogP contribution in [0.15, 0.2) is 30.3 Å². The van der Waals surface area contributed by atoms with Crippen LogP contribution >= 0.6 is 0 Å². The minimum absolute atomic E-state index is 0.223. The van der Waals surface area contributed by atoms with E-state index in [9.17, 15) is 28.2 Å². The number of hydrogen-bond donors (Lipinski definition) is 2. The second-order valence-electron chi connectivity index (χ2n) is 6.91. The summed E-state index contributed by atoms with van der Waals surface area (Å²) in [4.78, 5) is 15.8. The number of carbonyl (C=O) groups is 1. The number of nitrogens with zero attached hydrogens (tertiary/aromatic N) is 2. The first-order valence-corrected chi connectivity index (χ1v) is 8.57. The Morgan fingerprint density at radius 3 is 2.35 bits per heavy atom. The van der Waals surface area contributed by atoms with Gasteiger partial charge < -0.3 is 20.0 Å². The van der Waals surface area contributed by atoms with Crippen molar-refractivity contribution in [3.63, 3.8) is 0 Å². The smallest absolute Gasteiger partial charge is 0.380 e. The summed E-state index contributed by atoms with van der Waals surface area (Å²) in [6.45, 7) is 0.491. The second kappa shape index (κ2) is 7.94. The number of carbonyl (C=O) groups excluding carboxylic acids is 1.